The van der Waals surface area contributed by atoms with Crippen LogP contribution in [0.4, 0.5) is 0 Å². The van der Waals surface area contributed by atoms with Gasteiger partial charge in [-0.3, -0.25) is 9.59 Å². The van der Waals surface area contributed by atoms with Gasteiger partial charge in [0.1, 0.15) is 18.3 Å². The lowest BCUT2D eigenvalue weighted by Gasteiger charge is -2.33. The molecule has 0 radical (unpaired) electrons. The summed E-state index contributed by atoms with van der Waals surface area (Å²) in [6.07, 6.45) is 25.6. The first-order chi connectivity index (χ1) is 21.8. The van der Waals surface area contributed by atoms with E-state index in [4.69, 9.17) is 4.74 Å². The Morgan fingerprint density at radius 2 is 1.11 bits per heavy atom. The number of cyclic esters (lactones) is 1. The molecule has 0 saturated heterocycles. The Kier molecular flexibility index (Phi) is 21.2. The number of carbonyl (C=O) groups is 3. The highest BCUT2D eigenvalue weighted by atomic mass is 16.5. The lowest BCUT2D eigenvalue weighted by Crippen LogP contribution is -2.56. The number of carbonyl (C=O) groups excluding carboxylic acids is 3. The van der Waals surface area contributed by atoms with E-state index in [1.807, 2.05) is 13.0 Å². The minimum Gasteiger partial charge on any atom is -0.455 e. The van der Waals surface area contributed by atoms with E-state index in [1.54, 1.807) is 0 Å². The second kappa shape index (κ2) is 24.3. The van der Waals surface area contributed by atoms with Crippen LogP contribution >= 0.6 is 0 Å². The molecule has 2 rings (SSSR count). The third-order valence-corrected chi connectivity index (χ3v) is 9.52. The van der Waals surface area contributed by atoms with Crippen molar-refractivity contribution < 1.29 is 29.3 Å². The minimum absolute atomic E-state index is 0.0711. The summed E-state index contributed by atoms with van der Waals surface area (Å²) in [5.74, 6) is -0.837. The SMILES string of the molecule is CCCCCCCCCC[C@H](O)C(=O)N[C@H]1CCCC[C@@H]1NC(=O)[C@@H](O)CCCCCCCCCCCCC1=C[C@H](C)OC1=O. The fourth-order valence-electron chi connectivity index (χ4n) is 6.65. The van der Waals surface area contributed by atoms with E-state index in [1.165, 1.54) is 64.2 Å². The zero-order chi connectivity index (χ0) is 32.7. The predicted octanol–water partition coefficient (Wildman–Crippen LogP) is 7.34. The van der Waals surface area contributed by atoms with Crippen molar-refractivity contribution in [2.75, 3.05) is 0 Å². The number of ether oxygens (including phenoxy) is 1. The molecule has 0 aromatic rings. The Bertz CT molecular complexity index is 862. The van der Waals surface area contributed by atoms with E-state index in [-0.39, 0.29) is 36.0 Å². The van der Waals surface area contributed by atoms with Gasteiger partial charge in [0.05, 0.1) is 0 Å². The van der Waals surface area contributed by atoms with Gasteiger partial charge in [-0.2, -0.15) is 0 Å². The maximum Gasteiger partial charge on any atom is 0.334 e. The van der Waals surface area contributed by atoms with Gasteiger partial charge in [0, 0.05) is 17.7 Å². The molecule has 0 bridgehead atoms. The van der Waals surface area contributed by atoms with Crippen LogP contribution in [0.5, 0.6) is 0 Å². The summed E-state index contributed by atoms with van der Waals surface area (Å²) in [5.41, 5.74) is 0.840. The molecule has 45 heavy (non-hydrogen) atoms. The average molecular weight is 635 g/mol. The Labute approximate surface area is 273 Å². The summed E-state index contributed by atoms with van der Waals surface area (Å²) in [7, 11) is 0. The van der Waals surface area contributed by atoms with Crippen LogP contribution in [0, 0.1) is 0 Å². The second-order valence-corrected chi connectivity index (χ2v) is 13.7. The van der Waals surface area contributed by atoms with E-state index in [0.717, 1.165) is 89.0 Å². The topological polar surface area (TPSA) is 125 Å². The van der Waals surface area contributed by atoms with Gasteiger partial charge in [0.2, 0.25) is 11.8 Å². The van der Waals surface area contributed by atoms with Gasteiger partial charge in [0.25, 0.3) is 0 Å². The summed E-state index contributed by atoms with van der Waals surface area (Å²) in [6, 6.07) is -0.414. The van der Waals surface area contributed by atoms with Gasteiger partial charge in [-0.05, 0) is 51.5 Å². The largest absolute Gasteiger partial charge is 0.455 e. The maximum atomic E-state index is 12.7. The molecule has 0 aromatic heterocycles. The highest BCUT2D eigenvalue weighted by Gasteiger charge is 2.30. The number of nitrogens with one attached hydrogen (secondary N) is 2. The standard InChI is InChI=1S/C37H66N2O6/c1-3-4-5-6-7-13-16-19-26-33(40)35(42)38-31-24-21-22-25-32(31)39-36(43)34(41)27-20-17-14-11-9-8-10-12-15-18-23-30-28-29(2)45-37(30)44/h28-29,31-34,40-41H,3-27H2,1-2H3,(H,38,42)(H,39,43)/t29-,31-,32-,33-,34-/m0/s1. The maximum absolute atomic E-state index is 12.7. The van der Waals surface area contributed by atoms with E-state index >= 15 is 0 Å². The van der Waals surface area contributed by atoms with Gasteiger partial charge in [-0.15, -0.1) is 0 Å². The molecule has 0 aromatic carbocycles. The zero-order valence-corrected chi connectivity index (χ0v) is 28.7. The smallest absolute Gasteiger partial charge is 0.334 e. The molecular formula is C37H66N2O6. The molecule has 0 spiro atoms. The number of hydrogen-bond donors (Lipinski definition) is 4. The number of esters is 1. The van der Waals surface area contributed by atoms with Crippen molar-refractivity contribution in [2.45, 2.75) is 205 Å². The van der Waals surface area contributed by atoms with Crippen molar-refractivity contribution >= 4 is 17.8 Å². The molecule has 4 N–H and O–H groups in total. The summed E-state index contributed by atoms with van der Waals surface area (Å²) in [4.78, 5) is 37.0. The molecule has 1 aliphatic heterocycles. The lowest BCUT2D eigenvalue weighted by molar-refractivity contribution is -0.139. The number of aliphatic hydroxyl groups is 2. The Morgan fingerprint density at radius 3 is 1.51 bits per heavy atom. The molecule has 8 nitrogen and oxygen atoms in total. The Hall–Kier alpha value is -1.93. The number of aliphatic hydroxyl groups excluding tert-OH is 2. The van der Waals surface area contributed by atoms with Gasteiger partial charge >= 0.3 is 5.97 Å². The Balaban J connectivity index is 1.49. The quantitative estimate of drug-likeness (QED) is 0.0583. The van der Waals surface area contributed by atoms with Crippen molar-refractivity contribution in [3.63, 3.8) is 0 Å². The van der Waals surface area contributed by atoms with Crippen LogP contribution in [-0.4, -0.2) is 58.4 Å². The summed E-state index contributed by atoms with van der Waals surface area (Å²) in [5, 5.41) is 26.9. The fourth-order valence-corrected chi connectivity index (χ4v) is 6.65. The summed E-state index contributed by atoms with van der Waals surface area (Å²) < 4.78 is 5.14. The van der Waals surface area contributed by atoms with Crippen LogP contribution in [0.15, 0.2) is 11.6 Å². The van der Waals surface area contributed by atoms with Crippen molar-refractivity contribution in [3.05, 3.63) is 11.6 Å². The summed E-state index contributed by atoms with van der Waals surface area (Å²) in [6.45, 7) is 4.11. The molecule has 2 amide bonds. The molecule has 260 valence electrons. The Morgan fingerprint density at radius 1 is 0.711 bits per heavy atom. The molecule has 0 unspecified atom stereocenters. The van der Waals surface area contributed by atoms with E-state index in [2.05, 4.69) is 17.6 Å². The van der Waals surface area contributed by atoms with Crippen LogP contribution in [0.25, 0.3) is 0 Å². The predicted molar refractivity (Wildman–Crippen MR) is 181 cm³/mol. The monoisotopic (exact) mass is 634 g/mol. The van der Waals surface area contributed by atoms with Gasteiger partial charge in [0.15, 0.2) is 0 Å². The van der Waals surface area contributed by atoms with Crippen molar-refractivity contribution in [1.82, 2.24) is 10.6 Å². The van der Waals surface area contributed by atoms with Crippen LogP contribution in [0.2, 0.25) is 0 Å². The van der Waals surface area contributed by atoms with Crippen molar-refractivity contribution in [3.8, 4) is 0 Å². The number of amides is 2. The normalized spacial score (nSPS) is 21.2. The number of unbranched alkanes of at least 4 members (excludes halogenated alkanes) is 16. The molecule has 8 heteroatoms. The molecular weight excluding hydrogens is 568 g/mol. The van der Waals surface area contributed by atoms with E-state index in [9.17, 15) is 24.6 Å². The molecule has 1 fully saturated rings. The van der Waals surface area contributed by atoms with Gasteiger partial charge in [-0.25, -0.2) is 4.79 Å². The van der Waals surface area contributed by atoms with Gasteiger partial charge in [-0.1, -0.05) is 129 Å². The van der Waals surface area contributed by atoms with Crippen molar-refractivity contribution in [1.29, 1.82) is 0 Å². The van der Waals surface area contributed by atoms with Crippen LogP contribution < -0.4 is 10.6 Å². The highest BCUT2D eigenvalue weighted by molar-refractivity contribution is 5.90. The fraction of sp³-hybridized carbons (Fsp3) is 0.865. The first kappa shape index (κ1) is 39.2. The zero-order valence-electron chi connectivity index (χ0n) is 28.7. The lowest BCUT2D eigenvalue weighted by atomic mass is 9.89. The second-order valence-electron chi connectivity index (χ2n) is 13.7. The van der Waals surface area contributed by atoms with Gasteiger partial charge < -0.3 is 25.6 Å². The van der Waals surface area contributed by atoms with E-state index < -0.39 is 12.2 Å². The average Bonchev–Trinajstić information content (AvgIpc) is 3.35. The molecule has 1 aliphatic carbocycles. The first-order valence-corrected chi connectivity index (χ1v) is 18.7. The van der Waals surface area contributed by atoms with E-state index in [0.29, 0.717) is 12.8 Å². The number of rotatable bonds is 26. The molecule has 5 atom stereocenters. The van der Waals surface area contributed by atoms with Crippen LogP contribution in [0.3, 0.4) is 0 Å². The molecule has 1 heterocycles. The van der Waals surface area contributed by atoms with Crippen LogP contribution in [0.1, 0.15) is 174 Å². The van der Waals surface area contributed by atoms with Crippen molar-refractivity contribution in [2.24, 2.45) is 0 Å². The first-order valence-electron chi connectivity index (χ1n) is 18.7. The van der Waals surface area contributed by atoms with Crippen LogP contribution in [-0.2, 0) is 19.1 Å². The molecule has 2 aliphatic rings. The highest BCUT2D eigenvalue weighted by Crippen LogP contribution is 2.21. The molecule has 1 saturated carbocycles. The third kappa shape index (κ3) is 17.5. The summed E-state index contributed by atoms with van der Waals surface area (Å²) >= 11 is 0. The number of hydrogen-bond acceptors (Lipinski definition) is 6. The third-order valence-electron chi connectivity index (χ3n) is 9.52. The minimum atomic E-state index is -1.03.